The van der Waals surface area contributed by atoms with Gasteiger partial charge in [0.25, 0.3) is 0 Å². The monoisotopic (exact) mass is 419 g/mol. The van der Waals surface area contributed by atoms with Gasteiger partial charge in [-0.25, -0.2) is 0 Å². The average Bonchev–Trinajstić information content (AvgIpc) is 3.05. The minimum absolute atomic E-state index is 0. The summed E-state index contributed by atoms with van der Waals surface area (Å²) in [7, 11) is 0. The van der Waals surface area contributed by atoms with Crippen molar-refractivity contribution >= 4 is 24.2 Å². The number of ether oxygens (including phenoxy) is 2. The van der Waals surface area contributed by atoms with E-state index in [9.17, 15) is 0 Å². The molecular formula is C20H22ClN3O3S. The Morgan fingerprint density at radius 2 is 1.79 bits per heavy atom. The Labute approximate surface area is 174 Å². The van der Waals surface area contributed by atoms with Gasteiger partial charge in [-0.3, -0.25) is 0 Å². The summed E-state index contributed by atoms with van der Waals surface area (Å²) in [5.74, 6) is 3.72. The largest absolute Gasteiger partial charge is 0.490 e. The fraction of sp³-hybridized carbons (Fsp3) is 0.300. The zero-order valence-electron chi connectivity index (χ0n) is 15.3. The minimum atomic E-state index is 0. The third-order valence-corrected chi connectivity index (χ3v) is 5.22. The molecular weight excluding hydrogens is 398 g/mol. The smallest absolute Gasteiger partial charge is 0.227 e. The molecule has 0 atom stereocenters. The molecule has 2 N–H and O–H groups in total. The van der Waals surface area contributed by atoms with Crippen LogP contribution in [0.5, 0.6) is 11.5 Å². The van der Waals surface area contributed by atoms with E-state index in [4.69, 9.17) is 19.7 Å². The number of halogens is 1. The number of thioether (sulfide) groups is 1. The molecule has 148 valence electrons. The van der Waals surface area contributed by atoms with E-state index in [1.54, 1.807) is 11.8 Å². The van der Waals surface area contributed by atoms with E-state index < -0.39 is 0 Å². The number of nitrogens with two attached hydrogens (primary N) is 1. The Morgan fingerprint density at radius 3 is 2.57 bits per heavy atom. The lowest BCUT2D eigenvalue weighted by Crippen LogP contribution is -1.97. The molecule has 0 aliphatic carbocycles. The SMILES string of the molecule is Cl.NCc1ccc(-c2noc(CCSc3ccc4c(c3)OCCCO4)n2)cc1. The van der Waals surface area contributed by atoms with Crippen LogP contribution in [-0.2, 0) is 13.0 Å². The van der Waals surface area contributed by atoms with Gasteiger partial charge in [0.1, 0.15) is 0 Å². The molecule has 1 aromatic heterocycles. The molecule has 0 fully saturated rings. The summed E-state index contributed by atoms with van der Waals surface area (Å²) < 4.78 is 16.8. The lowest BCUT2D eigenvalue weighted by atomic mass is 10.1. The molecule has 0 radical (unpaired) electrons. The standard InChI is InChI=1S/C20H21N3O3S.ClH/c21-13-14-2-4-15(5-3-14)20-22-19(26-23-20)8-11-27-16-6-7-17-18(12-16)25-10-1-9-24-17;/h2-7,12H,1,8-11,13,21H2;1H. The highest BCUT2D eigenvalue weighted by Crippen LogP contribution is 2.34. The van der Waals surface area contributed by atoms with Crippen LogP contribution in [0.1, 0.15) is 17.9 Å². The second-order valence-corrected chi connectivity index (χ2v) is 7.34. The van der Waals surface area contributed by atoms with Gasteiger partial charge in [0, 0.05) is 35.6 Å². The van der Waals surface area contributed by atoms with Gasteiger partial charge in [-0.2, -0.15) is 4.98 Å². The van der Waals surface area contributed by atoms with Crippen molar-refractivity contribution in [2.75, 3.05) is 19.0 Å². The normalized spacial score (nSPS) is 12.9. The molecule has 2 heterocycles. The second kappa shape index (κ2) is 9.82. The molecule has 2 aromatic carbocycles. The lowest BCUT2D eigenvalue weighted by molar-refractivity contribution is 0.297. The summed E-state index contributed by atoms with van der Waals surface area (Å²) in [6.07, 6.45) is 1.61. The van der Waals surface area contributed by atoms with Crippen molar-refractivity contribution in [3.8, 4) is 22.9 Å². The Hall–Kier alpha value is -2.22. The molecule has 0 amide bonds. The first-order chi connectivity index (χ1) is 13.3. The Kier molecular flexibility index (Phi) is 7.19. The van der Waals surface area contributed by atoms with Crippen molar-refractivity contribution in [1.29, 1.82) is 0 Å². The van der Waals surface area contributed by atoms with Gasteiger partial charge in [-0.1, -0.05) is 29.4 Å². The van der Waals surface area contributed by atoms with Crippen molar-refractivity contribution in [2.24, 2.45) is 5.73 Å². The van der Waals surface area contributed by atoms with E-state index in [-0.39, 0.29) is 12.4 Å². The number of hydrogen-bond donors (Lipinski definition) is 1. The summed E-state index contributed by atoms with van der Waals surface area (Å²) in [6, 6.07) is 13.9. The van der Waals surface area contributed by atoms with E-state index >= 15 is 0 Å². The molecule has 0 spiro atoms. The van der Waals surface area contributed by atoms with Gasteiger partial charge in [0.05, 0.1) is 13.2 Å². The first-order valence-electron chi connectivity index (χ1n) is 8.96. The molecule has 0 saturated heterocycles. The molecule has 3 aromatic rings. The van der Waals surface area contributed by atoms with Crippen LogP contribution in [0.4, 0.5) is 0 Å². The number of benzene rings is 2. The van der Waals surface area contributed by atoms with Crippen molar-refractivity contribution in [3.05, 3.63) is 53.9 Å². The maximum atomic E-state index is 5.74. The first-order valence-corrected chi connectivity index (χ1v) is 9.95. The van der Waals surface area contributed by atoms with Gasteiger partial charge in [0.2, 0.25) is 11.7 Å². The van der Waals surface area contributed by atoms with Gasteiger partial charge in [-0.15, -0.1) is 24.2 Å². The van der Waals surface area contributed by atoms with E-state index in [0.29, 0.717) is 37.9 Å². The number of rotatable bonds is 6. The maximum absolute atomic E-state index is 5.74. The summed E-state index contributed by atoms with van der Waals surface area (Å²) in [5, 5.41) is 4.07. The molecule has 8 heteroatoms. The lowest BCUT2D eigenvalue weighted by Gasteiger charge is -2.08. The third kappa shape index (κ3) is 4.98. The van der Waals surface area contributed by atoms with Crippen LogP contribution in [0.15, 0.2) is 51.9 Å². The van der Waals surface area contributed by atoms with Crippen LogP contribution in [0.25, 0.3) is 11.4 Å². The van der Waals surface area contributed by atoms with E-state index in [1.807, 2.05) is 36.4 Å². The molecule has 28 heavy (non-hydrogen) atoms. The van der Waals surface area contributed by atoms with Crippen molar-refractivity contribution in [2.45, 2.75) is 24.3 Å². The highest BCUT2D eigenvalue weighted by molar-refractivity contribution is 7.99. The highest BCUT2D eigenvalue weighted by Gasteiger charge is 2.12. The first kappa shape index (κ1) is 20.5. The summed E-state index contributed by atoms with van der Waals surface area (Å²) in [6.45, 7) is 1.92. The number of hydrogen-bond acceptors (Lipinski definition) is 7. The Bertz CT molecular complexity index is 902. The summed E-state index contributed by atoms with van der Waals surface area (Å²) in [4.78, 5) is 5.62. The zero-order chi connectivity index (χ0) is 18.5. The topological polar surface area (TPSA) is 83.4 Å². The Balaban J connectivity index is 0.00000225. The average molecular weight is 420 g/mol. The zero-order valence-corrected chi connectivity index (χ0v) is 16.9. The van der Waals surface area contributed by atoms with Gasteiger partial charge < -0.3 is 19.7 Å². The highest BCUT2D eigenvalue weighted by atomic mass is 35.5. The van der Waals surface area contributed by atoms with E-state index in [0.717, 1.165) is 39.7 Å². The van der Waals surface area contributed by atoms with Crippen LogP contribution >= 0.6 is 24.2 Å². The number of nitrogens with zero attached hydrogens (tertiary/aromatic N) is 2. The molecule has 0 bridgehead atoms. The number of fused-ring (bicyclic) bond motifs is 1. The predicted octanol–water partition coefficient (Wildman–Crippen LogP) is 4.11. The second-order valence-electron chi connectivity index (χ2n) is 6.17. The van der Waals surface area contributed by atoms with Crippen LogP contribution in [-0.4, -0.2) is 29.1 Å². The maximum Gasteiger partial charge on any atom is 0.227 e. The fourth-order valence-electron chi connectivity index (χ4n) is 2.75. The Morgan fingerprint density at radius 1 is 1.00 bits per heavy atom. The number of aryl methyl sites for hydroxylation is 1. The van der Waals surface area contributed by atoms with Crippen molar-refractivity contribution in [1.82, 2.24) is 10.1 Å². The van der Waals surface area contributed by atoms with Crippen molar-refractivity contribution in [3.63, 3.8) is 0 Å². The minimum Gasteiger partial charge on any atom is -0.490 e. The van der Waals surface area contributed by atoms with Crippen LogP contribution in [0, 0.1) is 0 Å². The molecule has 4 rings (SSSR count). The number of aromatic nitrogens is 2. The van der Waals surface area contributed by atoms with E-state index in [1.165, 1.54) is 0 Å². The van der Waals surface area contributed by atoms with Crippen LogP contribution in [0.3, 0.4) is 0 Å². The van der Waals surface area contributed by atoms with Crippen LogP contribution in [0.2, 0.25) is 0 Å². The molecule has 6 nitrogen and oxygen atoms in total. The predicted molar refractivity (Wildman–Crippen MR) is 111 cm³/mol. The van der Waals surface area contributed by atoms with Crippen LogP contribution < -0.4 is 15.2 Å². The molecule has 0 unspecified atom stereocenters. The van der Waals surface area contributed by atoms with Gasteiger partial charge >= 0.3 is 0 Å². The quantitative estimate of drug-likeness (QED) is 0.602. The summed E-state index contributed by atoms with van der Waals surface area (Å²) in [5.41, 5.74) is 7.63. The molecule has 1 aliphatic heterocycles. The molecule has 1 aliphatic rings. The summed E-state index contributed by atoms with van der Waals surface area (Å²) >= 11 is 1.73. The van der Waals surface area contributed by atoms with Gasteiger partial charge in [-0.05, 0) is 23.8 Å². The van der Waals surface area contributed by atoms with Crippen molar-refractivity contribution < 1.29 is 14.0 Å². The fourth-order valence-corrected chi connectivity index (χ4v) is 3.62. The third-order valence-electron chi connectivity index (χ3n) is 4.22. The van der Waals surface area contributed by atoms with E-state index in [2.05, 4.69) is 16.2 Å². The van der Waals surface area contributed by atoms with Gasteiger partial charge in [0.15, 0.2) is 11.5 Å². The molecule has 0 saturated carbocycles.